The fourth-order valence-electron chi connectivity index (χ4n) is 2.24. The molecule has 2 aromatic rings. The number of nitrogens with zero attached hydrogens (tertiary/aromatic N) is 3. The van der Waals surface area contributed by atoms with Crippen molar-refractivity contribution in [2.24, 2.45) is 5.92 Å². The van der Waals surface area contributed by atoms with Crippen LogP contribution >= 0.6 is 23.1 Å². The highest BCUT2D eigenvalue weighted by Crippen LogP contribution is 2.27. The second-order valence-electron chi connectivity index (χ2n) is 6.19. The Morgan fingerprint density at radius 1 is 1.25 bits per heavy atom. The first kappa shape index (κ1) is 18.7. The van der Waals surface area contributed by atoms with Crippen LogP contribution in [0.1, 0.15) is 31.9 Å². The number of hydrogen-bond acceptors (Lipinski definition) is 6. The number of rotatable bonds is 8. The Bertz CT molecular complexity index is 643. The zero-order valence-electron chi connectivity index (χ0n) is 14.5. The van der Waals surface area contributed by atoms with E-state index in [1.54, 1.807) is 0 Å². The number of benzene rings is 1. The molecule has 130 valence electrons. The number of thioether (sulfide) groups is 1. The average molecular weight is 365 g/mol. The summed E-state index contributed by atoms with van der Waals surface area (Å²) in [5, 5.41) is 12.2. The molecule has 1 aromatic carbocycles. The Morgan fingerprint density at radius 3 is 2.54 bits per heavy atom. The van der Waals surface area contributed by atoms with Crippen molar-refractivity contribution < 1.29 is 4.79 Å². The quantitative estimate of drug-likeness (QED) is 0.725. The largest absolute Gasteiger partial charge is 0.353 e. The first-order chi connectivity index (χ1) is 11.5. The van der Waals surface area contributed by atoms with Crippen LogP contribution in [0.4, 0.5) is 5.13 Å². The third-order valence-electron chi connectivity index (χ3n) is 3.35. The Hall–Kier alpha value is -1.60. The molecule has 7 heteroatoms. The molecule has 1 aromatic heterocycles. The molecule has 0 saturated heterocycles. The average Bonchev–Trinajstić information content (AvgIpc) is 3.02. The lowest BCUT2D eigenvalue weighted by Gasteiger charge is -2.21. The van der Waals surface area contributed by atoms with Gasteiger partial charge in [0.25, 0.3) is 0 Å². The fraction of sp³-hybridized carbons (Fsp3) is 0.471. The third-order valence-corrected chi connectivity index (χ3v) is 5.57. The topological polar surface area (TPSA) is 58.1 Å². The number of carbonyl (C=O) groups is 1. The van der Waals surface area contributed by atoms with E-state index in [0.29, 0.717) is 11.7 Å². The van der Waals surface area contributed by atoms with Crippen molar-refractivity contribution in [1.29, 1.82) is 0 Å². The second kappa shape index (κ2) is 9.03. The highest BCUT2D eigenvalue weighted by molar-refractivity contribution is 8.01. The summed E-state index contributed by atoms with van der Waals surface area (Å²) in [5.74, 6) is 0.883. The normalized spacial score (nSPS) is 12.2. The molecule has 0 saturated carbocycles. The van der Waals surface area contributed by atoms with Crippen molar-refractivity contribution in [3.8, 4) is 0 Å². The molecule has 1 unspecified atom stereocenters. The summed E-state index contributed by atoms with van der Waals surface area (Å²) in [7, 11) is 3.86. The molecule has 1 atom stereocenters. The first-order valence-electron chi connectivity index (χ1n) is 7.93. The summed E-state index contributed by atoms with van der Waals surface area (Å²) < 4.78 is 0.814. The van der Waals surface area contributed by atoms with Crippen molar-refractivity contribution in [3.63, 3.8) is 0 Å². The van der Waals surface area contributed by atoms with Gasteiger partial charge in [-0.25, -0.2) is 0 Å². The second-order valence-corrected chi connectivity index (χ2v) is 8.37. The third kappa shape index (κ3) is 5.79. The van der Waals surface area contributed by atoms with Crippen molar-refractivity contribution >= 4 is 34.1 Å². The van der Waals surface area contributed by atoms with Gasteiger partial charge < -0.3 is 10.2 Å². The highest BCUT2D eigenvalue weighted by Gasteiger charge is 2.17. The molecule has 0 radical (unpaired) electrons. The zero-order valence-corrected chi connectivity index (χ0v) is 16.2. The van der Waals surface area contributed by atoms with Crippen molar-refractivity contribution in [2.45, 2.75) is 30.6 Å². The molecule has 0 bridgehead atoms. The van der Waals surface area contributed by atoms with Gasteiger partial charge in [-0.3, -0.25) is 4.79 Å². The van der Waals surface area contributed by atoms with Crippen molar-refractivity contribution in [1.82, 2.24) is 15.5 Å². The molecule has 2 rings (SSSR count). The van der Waals surface area contributed by atoms with Crippen molar-refractivity contribution in [2.75, 3.05) is 24.7 Å². The molecule has 5 nitrogen and oxygen atoms in total. The van der Waals surface area contributed by atoms with E-state index in [2.05, 4.69) is 41.5 Å². The molecule has 0 fully saturated rings. The monoisotopic (exact) mass is 364 g/mol. The fourth-order valence-corrected chi connectivity index (χ4v) is 3.81. The first-order valence-corrected chi connectivity index (χ1v) is 9.74. The van der Waals surface area contributed by atoms with Gasteiger partial charge in [0.1, 0.15) is 0 Å². The van der Waals surface area contributed by atoms with Crippen LogP contribution in [0.2, 0.25) is 0 Å². The van der Waals surface area contributed by atoms with Gasteiger partial charge in [-0.05, 0) is 17.9 Å². The van der Waals surface area contributed by atoms with Gasteiger partial charge in [-0.15, -0.1) is 10.2 Å². The predicted octanol–water partition coefficient (Wildman–Crippen LogP) is 3.60. The molecule has 0 aliphatic carbocycles. The minimum absolute atomic E-state index is 0.0242. The van der Waals surface area contributed by atoms with Crippen LogP contribution in [-0.4, -0.2) is 36.0 Å². The molecule has 0 aliphatic rings. The van der Waals surface area contributed by atoms with Crippen LogP contribution in [0.25, 0.3) is 0 Å². The van der Waals surface area contributed by atoms with Crippen LogP contribution in [0, 0.1) is 5.92 Å². The molecule has 1 heterocycles. The van der Waals surface area contributed by atoms with E-state index < -0.39 is 0 Å². The van der Waals surface area contributed by atoms with Crippen molar-refractivity contribution in [3.05, 3.63) is 35.9 Å². The van der Waals surface area contributed by atoms with E-state index in [0.717, 1.165) is 21.5 Å². The van der Waals surface area contributed by atoms with Crippen LogP contribution in [0.3, 0.4) is 0 Å². The number of anilines is 1. The van der Waals surface area contributed by atoms with E-state index in [4.69, 9.17) is 0 Å². The minimum atomic E-state index is 0.0242. The van der Waals surface area contributed by atoms with E-state index >= 15 is 0 Å². The Morgan fingerprint density at radius 2 is 1.96 bits per heavy atom. The van der Waals surface area contributed by atoms with Gasteiger partial charge in [0.05, 0.1) is 11.8 Å². The predicted molar refractivity (Wildman–Crippen MR) is 102 cm³/mol. The van der Waals surface area contributed by atoms with E-state index in [1.807, 2.05) is 37.2 Å². The molecule has 0 aliphatic heterocycles. The number of nitrogens with one attached hydrogen (secondary N) is 1. The SMILES string of the molecule is CC(C)CC(NC(=O)CSc1nnc(N(C)C)s1)c1ccccc1. The molecule has 24 heavy (non-hydrogen) atoms. The molecule has 0 spiro atoms. The molecular weight excluding hydrogens is 340 g/mol. The van der Waals surface area contributed by atoms with E-state index in [-0.39, 0.29) is 11.9 Å². The van der Waals surface area contributed by atoms with E-state index in [9.17, 15) is 4.79 Å². The Labute approximate surface area is 151 Å². The van der Waals surface area contributed by atoms with Gasteiger partial charge >= 0.3 is 0 Å². The standard InChI is InChI=1S/C17H24N4OS2/c1-12(2)10-14(13-8-6-5-7-9-13)18-15(22)11-23-17-20-19-16(24-17)21(3)4/h5-9,12,14H,10-11H2,1-4H3,(H,18,22). The maximum Gasteiger partial charge on any atom is 0.230 e. The lowest BCUT2D eigenvalue weighted by Crippen LogP contribution is -2.30. The summed E-state index contributed by atoms with van der Waals surface area (Å²) in [6.07, 6.45) is 0.921. The number of aromatic nitrogens is 2. The zero-order chi connectivity index (χ0) is 17.5. The van der Waals surface area contributed by atoms with Crippen LogP contribution < -0.4 is 10.2 Å². The van der Waals surface area contributed by atoms with Crippen LogP contribution in [-0.2, 0) is 4.79 Å². The summed E-state index contributed by atoms with van der Waals surface area (Å²) in [6.45, 7) is 4.34. The summed E-state index contributed by atoms with van der Waals surface area (Å²) in [5.41, 5.74) is 1.15. The maximum atomic E-state index is 12.3. The highest BCUT2D eigenvalue weighted by atomic mass is 32.2. The lowest BCUT2D eigenvalue weighted by atomic mass is 9.97. The van der Waals surface area contributed by atoms with Gasteiger partial charge in [-0.2, -0.15) is 0 Å². The van der Waals surface area contributed by atoms with Crippen LogP contribution in [0.15, 0.2) is 34.7 Å². The van der Waals surface area contributed by atoms with Gasteiger partial charge in [0, 0.05) is 14.1 Å². The summed E-state index contributed by atoms with van der Waals surface area (Å²) >= 11 is 2.92. The minimum Gasteiger partial charge on any atom is -0.353 e. The molecular formula is C17H24N4OS2. The number of hydrogen-bond donors (Lipinski definition) is 1. The van der Waals surface area contributed by atoms with Gasteiger partial charge in [0.15, 0.2) is 4.34 Å². The van der Waals surface area contributed by atoms with Gasteiger partial charge in [-0.1, -0.05) is 67.3 Å². The summed E-state index contributed by atoms with van der Waals surface area (Å²) in [6, 6.07) is 10.2. The number of amides is 1. The van der Waals surface area contributed by atoms with Crippen LogP contribution in [0.5, 0.6) is 0 Å². The van der Waals surface area contributed by atoms with Gasteiger partial charge in [0.2, 0.25) is 11.0 Å². The van der Waals surface area contributed by atoms with E-state index in [1.165, 1.54) is 23.1 Å². The molecule has 1 N–H and O–H groups in total. The number of carbonyl (C=O) groups excluding carboxylic acids is 1. The summed E-state index contributed by atoms with van der Waals surface area (Å²) in [4.78, 5) is 14.2. The smallest absolute Gasteiger partial charge is 0.230 e. The Kier molecular flexibility index (Phi) is 7.05. The lowest BCUT2D eigenvalue weighted by molar-refractivity contribution is -0.119. The maximum absolute atomic E-state index is 12.3. The molecule has 1 amide bonds. The Balaban J connectivity index is 1.92.